The highest BCUT2D eigenvalue weighted by molar-refractivity contribution is 7.17. The minimum Gasteiger partial charge on any atom is -0.497 e. The first-order valence-electron chi connectivity index (χ1n) is 10.6. The van der Waals surface area contributed by atoms with Crippen molar-refractivity contribution in [2.45, 2.75) is 12.3 Å². The summed E-state index contributed by atoms with van der Waals surface area (Å²) in [6, 6.07) is 15.5. The van der Waals surface area contributed by atoms with E-state index >= 15 is 0 Å². The Morgan fingerprint density at radius 1 is 1.22 bits per heavy atom. The van der Waals surface area contributed by atoms with Crippen LogP contribution >= 0.6 is 34.0 Å². The number of thiazole rings is 1. The lowest BCUT2D eigenvalue weighted by molar-refractivity contribution is -0.115. The lowest BCUT2D eigenvalue weighted by Gasteiger charge is -2.22. The van der Waals surface area contributed by atoms with Gasteiger partial charge in [-0.15, -0.1) is 34.0 Å². The number of hydrogen-bond acceptors (Lipinski definition) is 10. The Morgan fingerprint density at radius 3 is 2.69 bits per heavy atom. The van der Waals surface area contributed by atoms with Crippen molar-refractivity contribution in [2.75, 3.05) is 12.4 Å². The molecule has 1 aliphatic rings. The summed E-state index contributed by atoms with van der Waals surface area (Å²) in [5.41, 5.74) is 8.40. The van der Waals surface area contributed by atoms with E-state index < -0.39 is 5.92 Å². The van der Waals surface area contributed by atoms with E-state index in [4.69, 9.17) is 15.2 Å². The van der Waals surface area contributed by atoms with Crippen molar-refractivity contribution in [2.24, 2.45) is 5.73 Å². The summed E-state index contributed by atoms with van der Waals surface area (Å²) >= 11 is 4.14. The molecule has 0 bridgehead atoms. The van der Waals surface area contributed by atoms with Gasteiger partial charge < -0.3 is 20.5 Å². The highest BCUT2D eigenvalue weighted by atomic mass is 32.1. The number of allylic oxidation sites excluding steroid dienone is 1. The predicted octanol–water partition coefficient (Wildman–Crippen LogP) is 5.21. The number of carbonyl (C=O) groups excluding carboxylic acids is 1. The van der Waals surface area contributed by atoms with Crippen LogP contribution in [0.5, 0.6) is 11.6 Å². The second-order valence-electron chi connectivity index (χ2n) is 7.64. The second-order valence-corrected chi connectivity index (χ2v) is 10.6. The summed E-state index contributed by atoms with van der Waals surface area (Å²) < 4.78 is 10.9. The van der Waals surface area contributed by atoms with Gasteiger partial charge >= 0.3 is 0 Å². The van der Waals surface area contributed by atoms with Gasteiger partial charge in [0, 0.05) is 15.8 Å². The van der Waals surface area contributed by atoms with Crippen LogP contribution in [-0.4, -0.2) is 18.0 Å². The first-order valence-corrected chi connectivity index (χ1v) is 13.2. The van der Waals surface area contributed by atoms with Gasteiger partial charge in [-0.1, -0.05) is 18.2 Å². The molecule has 0 fully saturated rings. The van der Waals surface area contributed by atoms with E-state index in [1.807, 2.05) is 47.2 Å². The molecule has 36 heavy (non-hydrogen) atoms. The average Bonchev–Trinajstić information content (AvgIpc) is 3.62. The standard InChI is InChI=1S/C25H17N5O3S3/c1-32-14-6-4-13(5-7-14)21-16(11-27)23(28)33-24-22(21)36-20(30-24)9-19(31)29-25-15(10-26)17(12-35-25)18-3-2-8-34-18/h2-8,12,21H,9,28H2,1H3,(H,29,31). The molecule has 0 radical (unpaired) electrons. The third kappa shape index (κ3) is 4.32. The van der Waals surface area contributed by atoms with Gasteiger partial charge in [-0.25, -0.2) is 4.98 Å². The Kier molecular flexibility index (Phi) is 6.44. The Morgan fingerprint density at radius 2 is 2.03 bits per heavy atom. The maximum absolute atomic E-state index is 12.9. The fourth-order valence-corrected chi connectivity index (χ4v) is 6.72. The summed E-state index contributed by atoms with van der Waals surface area (Å²) in [5, 5.41) is 27.1. The van der Waals surface area contributed by atoms with Crippen LogP contribution in [-0.2, 0) is 11.2 Å². The molecule has 178 valence electrons. The van der Waals surface area contributed by atoms with Gasteiger partial charge in [-0.2, -0.15) is 10.5 Å². The molecule has 4 heterocycles. The van der Waals surface area contributed by atoms with Crippen LogP contribution in [0.1, 0.15) is 26.9 Å². The van der Waals surface area contributed by atoms with Gasteiger partial charge in [0.15, 0.2) is 0 Å². The van der Waals surface area contributed by atoms with Gasteiger partial charge in [0.05, 0.1) is 29.9 Å². The zero-order valence-electron chi connectivity index (χ0n) is 18.8. The normalized spacial score (nSPS) is 14.4. The second kappa shape index (κ2) is 9.84. The van der Waals surface area contributed by atoms with E-state index in [0.717, 1.165) is 16.0 Å². The van der Waals surface area contributed by atoms with Crippen LogP contribution in [0.4, 0.5) is 5.00 Å². The molecule has 8 nitrogen and oxygen atoms in total. The van der Waals surface area contributed by atoms with Crippen LogP contribution in [0.25, 0.3) is 10.4 Å². The van der Waals surface area contributed by atoms with Crippen LogP contribution in [0, 0.1) is 22.7 Å². The van der Waals surface area contributed by atoms with Gasteiger partial charge in [-0.05, 0) is 29.1 Å². The number of nitrogens with zero attached hydrogens (tertiary/aromatic N) is 3. The number of anilines is 1. The Balaban J connectivity index is 1.39. The third-order valence-corrected chi connectivity index (χ3v) is 8.41. The molecule has 5 rings (SSSR count). The molecule has 1 unspecified atom stereocenters. The Hall–Kier alpha value is -4.16. The fraction of sp³-hybridized carbons (Fsp3) is 0.120. The number of thiophene rings is 2. The molecule has 0 saturated carbocycles. The van der Waals surface area contributed by atoms with Crippen LogP contribution < -0.4 is 20.5 Å². The molecule has 1 amide bonds. The van der Waals surface area contributed by atoms with Gasteiger partial charge in [0.1, 0.15) is 33.5 Å². The number of hydrogen-bond donors (Lipinski definition) is 2. The molecular formula is C25H17N5O3S3. The lowest BCUT2D eigenvalue weighted by Crippen LogP contribution is -2.20. The Bertz CT molecular complexity index is 1550. The SMILES string of the molecule is COc1ccc(C2C(C#N)=C(N)Oc3nc(CC(=O)Nc4scc(-c5cccs5)c4C#N)sc32)cc1. The molecule has 3 N–H and O–H groups in total. The number of aromatic nitrogens is 1. The number of nitrogens with two attached hydrogens (primary N) is 1. The smallest absolute Gasteiger partial charge is 0.236 e. The molecular weight excluding hydrogens is 515 g/mol. The molecule has 1 atom stereocenters. The zero-order valence-corrected chi connectivity index (χ0v) is 21.2. The van der Waals surface area contributed by atoms with Crippen molar-refractivity contribution in [1.29, 1.82) is 10.5 Å². The van der Waals surface area contributed by atoms with Crippen LogP contribution in [0.2, 0.25) is 0 Å². The molecule has 0 saturated heterocycles. The number of methoxy groups -OCH3 is 1. The van der Waals surface area contributed by atoms with E-state index in [1.165, 1.54) is 34.0 Å². The summed E-state index contributed by atoms with van der Waals surface area (Å²) in [5.74, 6) is 0.199. The quantitative estimate of drug-likeness (QED) is 0.349. The molecule has 11 heteroatoms. The van der Waals surface area contributed by atoms with Crippen LogP contribution in [0.3, 0.4) is 0 Å². The molecule has 4 aromatic rings. The molecule has 0 spiro atoms. The molecule has 3 aromatic heterocycles. The first kappa shape index (κ1) is 23.6. The zero-order chi connectivity index (χ0) is 25.2. The molecule has 1 aromatic carbocycles. The number of nitriles is 2. The van der Waals surface area contributed by atoms with Crippen molar-refractivity contribution in [3.8, 4) is 34.2 Å². The van der Waals surface area contributed by atoms with Crippen molar-refractivity contribution >= 4 is 44.9 Å². The fourth-order valence-electron chi connectivity index (χ4n) is 3.84. The number of benzene rings is 1. The number of carbonyl (C=O) groups is 1. The largest absolute Gasteiger partial charge is 0.497 e. The van der Waals surface area contributed by atoms with Crippen molar-refractivity contribution in [3.05, 3.63) is 79.6 Å². The average molecular weight is 532 g/mol. The van der Waals surface area contributed by atoms with E-state index in [9.17, 15) is 15.3 Å². The maximum Gasteiger partial charge on any atom is 0.236 e. The summed E-state index contributed by atoms with van der Waals surface area (Å²) in [6.45, 7) is 0. The minimum absolute atomic E-state index is 0.00882. The number of nitrogens with one attached hydrogen (secondary N) is 1. The molecule has 0 aliphatic carbocycles. The highest BCUT2D eigenvalue weighted by Crippen LogP contribution is 2.45. The third-order valence-electron chi connectivity index (χ3n) is 5.51. The lowest BCUT2D eigenvalue weighted by atomic mass is 9.89. The topological polar surface area (TPSA) is 134 Å². The van der Waals surface area contributed by atoms with Crippen LogP contribution in [0.15, 0.2) is 58.6 Å². The van der Waals surface area contributed by atoms with Crippen molar-refractivity contribution < 1.29 is 14.3 Å². The van der Waals surface area contributed by atoms with Gasteiger partial charge in [0.2, 0.25) is 17.7 Å². The first-order chi connectivity index (χ1) is 17.5. The molecule has 1 aliphatic heterocycles. The minimum atomic E-state index is -0.463. The number of ether oxygens (including phenoxy) is 2. The van der Waals surface area contributed by atoms with E-state index in [1.54, 1.807) is 7.11 Å². The van der Waals surface area contributed by atoms with E-state index in [2.05, 4.69) is 22.4 Å². The number of fused-ring (bicyclic) bond motifs is 1. The van der Waals surface area contributed by atoms with Gasteiger partial charge in [-0.3, -0.25) is 4.79 Å². The summed E-state index contributed by atoms with van der Waals surface area (Å²) in [7, 11) is 1.58. The number of amides is 1. The summed E-state index contributed by atoms with van der Waals surface area (Å²) in [6.07, 6.45) is -0.0186. The summed E-state index contributed by atoms with van der Waals surface area (Å²) in [4.78, 5) is 19.0. The highest BCUT2D eigenvalue weighted by Gasteiger charge is 2.34. The van der Waals surface area contributed by atoms with Gasteiger partial charge in [0.25, 0.3) is 0 Å². The maximum atomic E-state index is 12.9. The van der Waals surface area contributed by atoms with E-state index in [-0.39, 0.29) is 29.7 Å². The van der Waals surface area contributed by atoms with Crippen molar-refractivity contribution in [3.63, 3.8) is 0 Å². The number of rotatable bonds is 6. The predicted molar refractivity (Wildman–Crippen MR) is 139 cm³/mol. The monoisotopic (exact) mass is 531 g/mol. The van der Waals surface area contributed by atoms with Crippen molar-refractivity contribution in [1.82, 2.24) is 4.98 Å². The van der Waals surface area contributed by atoms with E-state index in [0.29, 0.717) is 26.2 Å². The Labute approximate surface area is 218 Å².